The summed E-state index contributed by atoms with van der Waals surface area (Å²) in [6, 6.07) is 0. The first kappa shape index (κ1) is 26.8. The largest absolute Gasteiger partial charge is 0.340 e. The van der Waals surface area contributed by atoms with Crippen LogP contribution in [0.5, 0.6) is 0 Å². The Bertz CT molecular complexity index is 604. The van der Waals surface area contributed by atoms with Gasteiger partial charge in [0.15, 0.2) is 0 Å². The van der Waals surface area contributed by atoms with Gasteiger partial charge in [-0.05, 0) is 83.0 Å². The van der Waals surface area contributed by atoms with Gasteiger partial charge in [0, 0.05) is 19.1 Å². The summed E-state index contributed by atoms with van der Waals surface area (Å²) >= 11 is 0. The monoisotopic (exact) mass is 490 g/mol. The third kappa shape index (κ3) is 5.52. The van der Waals surface area contributed by atoms with Crippen molar-refractivity contribution in [3.8, 4) is 0 Å². The highest BCUT2D eigenvalue weighted by Gasteiger charge is 2.60. The van der Waals surface area contributed by atoms with E-state index < -0.39 is 13.1 Å². The maximum Gasteiger partial charge on any atom is 0.330 e. The van der Waals surface area contributed by atoms with Gasteiger partial charge >= 0.3 is 7.60 Å². The lowest BCUT2D eigenvalue weighted by Crippen LogP contribution is -2.57. The molecule has 0 heterocycles. The van der Waals surface area contributed by atoms with Crippen molar-refractivity contribution in [3.05, 3.63) is 0 Å². The van der Waals surface area contributed by atoms with Crippen LogP contribution in [-0.4, -0.2) is 38.1 Å². The average Bonchev–Trinajstić information content (AvgIpc) is 2.79. The van der Waals surface area contributed by atoms with E-state index in [0.717, 1.165) is 25.7 Å². The summed E-state index contributed by atoms with van der Waals surface area (Å²) in [5, 5.41) is 0. The fraction of sp³-hybridized carbons (Fsp3) is 1.00. The Morgan fingerprint density at radius 3 is 1.56 bits per heavy atom. The molecule has 0 aromatic heterocycles. The van der Waals surface area contributed by atoms with Crippen LogP contribution in [0.15, 0.2) is 0 Å². The highest BCUT2D eigenvalue weighted by atomic mass is 31.2. The molecule has 0 aliphatic heterocycles. The summed E-state index contributed by atoms with van der Waals surface area (Å²) in [5.74, 6) is 1.99. The number of rotatable bonds is 12. The van der Waals surface area contributed by atoms with Crippen molar-refractivity contribution in [2.24, 2.45) is 35.5 Å². The van der Waals surface area contributed by atoms with E-state index in [4.69, 9.17) is 18.5 Å². The van der Waals surface area contributed by atoms with Gasteiger partial charge in [-0.3, -0.25) is 9.13 Å². The van der Waals surface area contributed by atoms with Gasteiger partial charge in [-0.15, -0.1) is 0 Å². The molecule has 4 unspecified atom stereocenters. The first-order valence-electron chi connectivity index (χ1n) is 13.0. The van der Waals surface area contributed by atoms with E-state index >= 15 is 0 Å². The molecule has 3 fully saturated rings. The van der Waals surface area contributed by atoms with Crippen LogP contribution in [0.1, 0.15) is 79.1 Å². The maximum atomic E-state index is 13.6. The van der Waals surface area contributed by atoms with Crippen LogP contribution in [0.25, 0.3) is 0 Å². The molecule has 0 radical (unpaired) electrons. The Morgan fingerprint density at radius 2 is 1.19 bits per heavy atom. The van der Waals surface area contributed by atoms with Gasteiger partial charge in [0.05, 0.1) is 19.4 Å². The minimum absolute atomic E-state index is 0.0640. The van der Waals surface area contributed by atoms with Gasteiger partial charge in [-0.1, -0.05) is 25.7 Å². The predicted molar refractivity (Wildman–Crippen MR) is 127 cm³/mol. The molecule has 32 heavy (non-hydrogen) atoms. The predicted octanol–water partition coefficient (Wildman–Crippen LogP) is 7.13. The molecule has 3 aliphatic carbocycles. The summed E-state index contributed by atoms with van der Waals surface area (Å²) in [6.07, 6.45) is 9.70. The molecule has 186 valence electrons. The highest BCUT2D eigenvalue weighted by molar-refractivity contribution is 7.53. The molecule has 3 rings (SSSR count). The summed E-state index contributed by atoms with van der Waals surface area (Å²) < 4.78 is 50.3. The minimum atomic E-state index is -3.13. The number of fused-ring (bicyclic) bond motifs is 2. The van der Waals surface area contributed by atoms with E-state index in [1.54, 1.807) is 0 Å². The zero-order valence-electron chi connectivity index (χ0n) is 20.5. The van der Waals surface area contributed by atoms with E-state index in [9.17, 15) is 9.13 Å². The van der Waals surface area contributed by atoms with Crippen LogP contribution in [0, 0.1) is 35.5 Å². The van der Waals surface area contributed by atoms with E-state index in [1.165, 1.54) is 25.7 Å². The van der Waals surface area contributed by atoms with Crippen molar-refractivity contribution in [2.45, 2.75) is 84.6 Å². The zero-order valence-corrected chi connectivity index (χ0v) is 22.3. The molecular formula is C24H44O6P2. The van der Waals surface area contributed by atoms with Crippen molar-refractivity contribution in [3.63, 3.8) is 0 Å². The summed E-state index contributed by atoms with van der Waals surface area (Å²) in [6.45, 7) is 9.47. The third-order valence-corrected chi connectivity index (χ3v) is 11.1. The van der Waals surface area contributed by atoms with E-state index in [-0.39, 0.29) is 14.4 Å². The molecular weight excluding hydrogens is 446 g/mol. The SMILES string of the molecule is CCOC(OCC)(P=O)C1C2CCCCC2C(CP(=O)(OCC)OCC)C2CCCCC21. The summed E-state index contributed by atoms with van der Waals surface area (Å²) in [5.41, 5.74) is -1.07. The molecule has 0 aromatic rings. The van der Waals surface area contributed by atoms with Crippen molar-refractivity contribution in [2.75, 3.05) is 32.6 Å². The first-order valence-corrected chi connectivity index (χ1v) is 15.5. The van der Waals surface area contributed by atoms with Crippen LogP contribution in [0.4, 0.5) is 0 Å². The topological polar surface area (TPSA) is 71.1 Å². The fourth-order valence-corrected chi connectivity index (χ4v) is 10.3. The van der Waals surface area contributed by atoms with Crippen LogP contribution in [0.3, 0.4) is 0 Å². The second-order valence-corrected chi connectivity index (χ2v) is 12.5. The Kier molecular flexibility index (Phi) is 10.2. The van der Waals surface area contributed by atoms with Crippen molar-refractivity contribution in [1.82, 2.24) is 0 Å². The standard InChI is InChI=1S/C24H44O6P2/c1-5-27-24(31-25,28-6-2)23-20-15-11-9-13-18(20)22(19-14-10-12-16-21(19)23)17-32(26,29-7-3)30-8-4/h18-23H,5-17H2,1-4H3. The van der Waals surface area contributed by atoms with Crippen LogP contribution >= 0.6 is 16.1 Å². The Morgan fingerprint density at radius 1 is 0.750 bits per heavy atom. The third-order valence-electron chi connectivity index (χ3n) is 8.11. The van der Waals surface area contributed by atoms with Gasteiger partial charge in [-0.25, -0.2) is 0 Å². The second kappa shape index (κ2) is 12.2. The molecule has 8 heteroatoms. The molecule has 4 atom stereocenters. The molecule has 6 nitrogen and oxygen atoms in total. The summed E-state index contributed by atoms with van der Waals surface area (Å²) in [7, 11) is -3.20. The van der Waals surface area contributed by atoms with Gasteiger partial charge in [0.1, 0.15) is 0 Å². The molecule has 0 amide bonds. The zero-order chi connectivity index (χ0) is 23.2. The van der Waals surface area contributed by atoms with Gasteiger partial charge in [-0.2, -0.15) is 0 Å². The van der Waals surface area contributed by atoms with Crippen LogP contribution in [0.2, 0.25) is 0 Å². The molecule has 3 saturated carbocycles. The number of ether oxygens (including phenoxy) is 2. The van der Waals surface area contributed by atoms with Gasteiger partial charge in [0.2, 0.25) is 8.46 Å². The molecule has 0 bridgehead atoms. The quantitative estimate of drug-likeness (QED) is 0.214. The lowest BCUT2D eigenvalue weighted by atomic mass is 9.50. The number of hydrogen-bond donors (Lipinski definition) is 0. The molecule has 0 spiro atoms. The van der Waals surface area contributed by atoms with E-state index in [1.807, 2.05) is 27.7 Å². The average molecular weight is 491 g/mol. The van der Waals surface area contributed by atoms with Gasteiger partial charge < -0.3 is 18.5 Å². The van der Waals surface area contributed by atoms with E-state index in [0.29, 0.717) is 62.2 Å². The second-order valence-electron chi connectivity index (χ2n) is 9.63. The normalized spacial score (nSPS) is 33.6. The van der Waals surface area contributed by atoms with Crippen molar-refractivity contribution in [1.29, 1.82) is 0 Å². The Hall–Kier alpha value is 0.170. The highest BCUT2D eigenvalue weighted by Crippen LogP contribution is 2.64. The Labute approximate surface area is 196 Å². The Balaban J connectivity index is 2.02. The molecule has 0 saturated heterocycles. The number of hydrogen-bond acceptors (Lipinski definition) is 6. The van der Waals surface area contributed by atoms with Crippen molar-refractivity contribution < 1.29 is 27.7 Å². The van der Waals surface area contributed by atoms with Crippen LogP contribution in [-0.2, 0) is 27.7 Å². The maximum absolute atomic E-state index is 13.6. The first-order chi connectivity index (χ1) is 15.5. The molecule has 0 N–H and O–H groups in total. The minimum Gasteiger partial charge on any atom is -0.340 e. The summed E-state index contributed by atoms with van der Waals surface area (Å²) in [4.78, 5) is 0. The van der Waals surface area contributed by atoms with E-state index in [2.05, 4.69) is 0 Å². The lowest BCUT2D eigenvalue weighted by Gasteiger charge is -2.58. The molecule has 3 aliphatic rings. The van der Waals surface area contributed by atoms with Crippen molar-refractivity contribution >= 4 is 16.1 Å². The smallest absolute Gasteiger partial charge is 0.330 e. The van der Waals surface area contributed by atoms with Crippen LogP contribution < -0.4 is 0 Å². The van der Waals surface area contributed by atoms with Gasteiger partial charge in [0.25, 0.3) is 5.53 Å². The molecule has 0 aromatic carbocycles. The fourth-order valence-electron chi connectivity index (χ4n) is 7.33. The lowest BCUT2D eigenvalue weighted by molar-refractivity contribution is -0.250.